The van der Waals surface area contributed by atoms with Gasteiger partial charge in [0.15, 0.2) is 0 Å². The lowest BCUT2D eigenvalue weighted by molar-refractivity contribution is 0.137. The molecule has 108 valence electrons. The van der Waals surface area contributed by atoms with Crippen LogP contribution in [0.5, 0.6) is 0 Å². The minimum atomic E-state index is -1.83. The van der Waals surface area contributed by atoms with E-state index < -0.39 is 6.16 Å². The van der Waals surface area contributed by atoms with Crippen LogP contribution in [0.3, 0.4) is 0 Å². The number of benzene rings is 2. The van der Waals surface area contributed by atoms with Crippen LogP contribution in [0.15, 0.2) is 48.5 Å². The molecular formula is C17H22O3. The van der Waals surface area contributed by atoms with Gasteiger partial charge in [-0.1, -0.05) is 70.8 Å². The third-order valence-electron chi connectivity index (χ3n) is 2.44. The number of hydrogen-bond acceptors (Lipinski definition) is 1. The highest BCUT2D eigenvalue weighted by molar-refractivity contribution is 5.53. The summed E-state index contributed by atoms with van der Waals surface area (Å²) in [5.41, 5.74) is 5.32. The maximum absolute atomic E-state index is 8.56. The summed E-state index contributed by atoms with van der Waals surface area (Å²) >= 11 is 0. The summed E-state index contributed by atoms with van der Waals surface area (Å²) in [4.78, 5) is 8.56. The first-order valence-electron chi connectivity index (χ1n) is 6.29. The number of carboxylic acid groups (broad SMARTS) is 2. The molecule has 0 fully saturated rings. The SMILES string of the molecule is Cc1ccc(C)cc1.Cc1ccc(C)cc1.O=C(O)O. The smallest absolute Gasteiger partial charge is 0.450 e. The van der Waals surface area contributed by atoms with E-state index in [1.807, 2.05) is 0 Å². The van der Waals surface area contributed by atoms with Gasteiger partial charge in [-0.2, -0.15) is 0 Å². The lowest BCUT2D eigenvalue weighted by Crippen LogP contribution is -1.81. The van der Waals surface area contributed by atoms with E-state index in [1.54, 1.807) is 0 Å². The van der Waals surface area contributed by atoms with Crippen molar-refractivity contribution in [1.29, 1.82) is 0 Å². The van der Waals surface area contributed by atoms with E-state index in [-0.39, 0.29) is 0 Å². The molecule has 0 amide bonds. The molecule has 2 aromatic rings. The fourth-order valence-electron chi connectivity index (χ4n) is 1.27. The van der Waals surface area contributed by atoms with Crippen LogP contribution in [0.25, 0.3) is 0 Å². The summed E-state index contributed by atoms with van der Waals surface area (Å²) in [6.45, 7) is 8.39. The molecule has 20 heavy (non-hydrogen) atoms. The molecule has 0 aliphatic heterocycles. The Kier molecular flexibility index (Phi) is 8.51. The second-order valence-electron chi connectivity index (χ2n) is 4.59. The maximum Gasteiger partial charge on any atom is 0.503 e. The summed E-state index contributed by atoms with van der Waals surface area (Å²) in [6.07, 6.45) is -1.83. The lowest BCUT2D eigenvalue weighted by Gasteiger charge is -1.90. The molecule has 2 rings (SSSR count). The lowest BCUT2D eigenvalue weighted by atomic mass is 10.2. The van der Waals surface area contributed by atoms with Crippen molar-refractivity contribution in [3.63, 3.8) is 0 Å². The zero-order valence-electron chi connectivity index (χ0n) is 12.4. The molecule has 0 radical (unpaired) electrons. The minimum absolute atomic E-state index is 1.33. The molecule has 0 atom stereocenters. The first kappa shape index (κ1) is 17.7. The van der Waals surface area contributed by atoms with Crippen molar-refractivity contribution in [2.45, 2.75) is 27.7 Å². The highest BCUT2D eigenvalue weighted by atomic mass is 16.6. The van der Waals surface area contributed by atoms with Gasteiger partial charge >= 0.3 is 6.16 Å². The van der Waals surface area contributed by atoms with E-state index in [4.69, 9.17) is 15.0 Å². The van der Waals surface area contributed by atoms with Gasteiger partial charge in [0, 0.05) is 0 Å². The second-order valence-corrected chi connectivity index (χ2v) is 4.59. The van der Waals surface area contributed by atoms with E-state index in [0.29, 0.717) is 0 Å². The molecule has 0 unspecified atom stereocenters. The van der Waals surface area contributed by atoms with Gasteiger partial charge in [-0.3, -0.25) is 0 Å². The van der Waals surface area contributed by atoms with Crippen molar-refractivity contribution in [3.05, 3.63) is 70.8 Å². The van der Waals surface area contributed by atoms with Crippen LogP contribution < -0.4 is 0 Å². The number of aryl methyl sites for hydroxylation is 4. The second kappa shape index (κ2) is 9.62. The van der Waals surface area contributed by atoms with Crippen LogP contribution in [-0.2, 0) is 0 Å². The minimum Gasteiger partial charge on any atom is -0.450 e. The van der Waals surface area contributed by atoms with Gasteiger partial charge in [0.05, 0.1) is 0 Å². The predicted molar refractivity (Wildman–Crippen MR) is 82.5 cm³/mol. The van der Waals surface area contributed by atoms with E-state index in [9.17, 15) is 0 Å². The molecule has 0 heterocycles. The largest absolute Gasteiger partial charge is 0.503 e. The Balaban J connectivity index is 0.000000289. The third-order valence-corrected chi connectivity index (χ3v) is 2.44. The van der Waals surface area contributed by atoms with Crippen molar-refractivity contribution < 1.29 is 15.0 Å². The first-order valence-corrected chi connectivity index (χ1v) is 6.29. The topological polar surface area (TPSA) is 57.5 Å². The van der Waals surface area contributed by atoms with Crippen molar-refractivity contribution in [1.82, 2.24) is 0 Å². The standard InChI is InChI=1S/2C8H10.CH2O3/c2*1-7-3-5-8(2)6-4-7;2-1(3)4/h2*3-6H,1-2H3;(H2,2,3,4). The van der Waals surface area contributed by atoms with E-state index in [1.165, 1.54) is 22.3 Å². The molecule has 0 bridgehead atoms. The summed E-state index contributed by atoms with van der Waals surface area (Å²) < 4.78 is 0. The van der Waals surface area contributed by atoms with Crippen LogP contribution >= 0.6 is 0 Å². The fraction of sp³-hybridized carbons (Fsp3) is 0.235. The zero-order valence-corrected chi connectivity index (χ0v) is 12.4. The average Bonchev–Trinajstić information content (AvgIpc) is 2.37. The quantitative estimate of drug-likeness (QED) is 0.723. The average molecular weight is 274 g/mol. The predicted octanol–water partition coefficient (Wildman–Crippen LogP) is 4.83. The van der Waals surface area contributed by atoms with Gasteiger partial charge < -0.3 is 10.2 Å². The number of hydrogen-bond donors (Lipinski definition) is 2. The molecule has 3 heteroatoms. The Labute approximate surface area is 120 Å². The Morgan fingerprint density at radius 2 is 0.700 bits per heavy atom. The summed E-state index contributed by atoms with van der Waals surface area (Å²) in [6, 6.07) is 17.0. The fourth-order valence-corrected chi connectivity index (χ4v) is 1.27. The Hall–Kier alpha value is -2.29. The Morgan fingerprint density at radius 1 is 0.600 bits per heavy atom. The molecule has 0 aliphatic rings. The summed E-state index contributed by atoms with van der Waals surface area (Å²) in [5, 5.41) is 13.9. The maximum atomic E-state index is 8.56. The number of carbonyl (C=O) groups is 1. The van der Waals surface area contributed by atoms with Crippen molar-refractivity contribution >= 4 is 6.16 Å². The summed E-state index contributed by atoms with van der Waals surface area (Å²) in [7, 11) is 0. The van der Waals surface area contributed by atoms with Gasteiger partial charge in [0.25, 0.3) is 0 Å². The van der Waals surface area contributed by atoms with Crippen molar-refractivity contribution in [3.8, 4) is 0 Å². The zero-order chi connectivity index (χ0) is 15.5. The van der Waals surface area contributed by atoms with Crippen LogP contribution in [0, 0.1) is 27.7 Å². The molecule has 0 aromatic heterocycles. The van der Waals surface area contributed by atoms with Gasteiger partial charge in [-0.15, -0.1) is 0 Å². The van der Waals surface area contributed by atoms with Crippen molar-refractivity contribution in [2.75, 3.05) is 0 Å². The third kappa shape index (κ3) is 10.8. The Morgan fingerprint density at radius 3 is 0.800 bits per heavy atom. The van der Waals surface area contributed by atoms with Gasteiger partial charge in [-0.05, 0) is 27.7 Å². The molecule has 2 aromatic carbocycles. The molecule has 0 aliphatic carbocycles. The van der Waals surface area contributed by atoms with Crippen molar-refractivity contribution in [2.24, 2.45) is 0 Å². The summed E-state index contributed by atoms with van der Waals surface area (Å²) in [5.74, 6) is 0. The van der Waals surface area contributed by atoms with Crippen LogP contribution in [-0.4, -0.2) is 16.4 Å². The van der Waals surface area contributed by atoms with E-state index in [0.717, 1.165) is 0 Å². The van der Waals surface area contributed by atoms with Crippen LogP contribution in [0.2, 0.25) is 0 Å². The Bertz CT molecular complexity index is 409. The van der Waals surface area contributed by atoms with Crippen LogP contribution in [0.1, 0.15) is 22.3 Å². The highest BCUT2D eigenvalue weighted by Crippen LogP contribution is 2.00. The molecule has 0 saturated heterocycles. The van der Waals surface area contributed by atoms with Gasteiger partial charge in [0.2, 0.25) is 0 Å². The monoisotopic (exact) mass is 274 g/mol. The van der Waals surface area contributed by atoms with Gasteiger partial charge in [0.1, 0.15) is 0 Å². The van der Waals surface area contributed by atoms with E-state index >= 15 is 0 Å². The van der Waals surface area contributed by atoms with Gasteiger partial charge in [-0.25, -0.2) is 4.79 Å². The molecule has 0 spiro atoms. The van der Waals surface area contributed by atoms with E-state index in [2.05, 4.69) is 76.2 Å². The normalized spacial score (nSPS) is 8.60. The number of rotatable bonds is 0. The molecule has 0 saturated carbocycles. The van der Waals surface area contributed by atoms with Crippen LogP contribution in [0.4, 0.5) is 4.79 Å². The molecule has 2 N–H and O–H groups in total. The molecular weight excluding hydrogens is 252 g/mol. The first-order chi connectivity index (χ1) is 9.31. The highest BCUT2D eigenvalue weighted by Gasteiger charge is 1.80. The molecule has 3 nitrogen and oxygen atoms in total.